The van der Waals surface area contributed by atoms with Gasteiger partial charge in [0.15, 0.2) is 0 Å². The highest BCUT2D eigenvalue weighted by Crippen LogP contribution is 2.28. The molecule has 7 nitrogen and oxygen atoms in total. The number of likely N-dealkylation sites (N-methyl/N-ethyl adjacent to an activating group) is 1. The third-order valence-corrected chi connectivity index (χ3v) is 5.97. The monoisotopic (exact) mass is 419 g/mol. The van der Waals surface area contributed by atoms with Gasteiger partial charge in [0.05, 0.1) is 5.69 Å². The quantitative estimate of drug-likeness (QED) is 0.519. The lowest BCUT2D eigenvalue weighted by atomic mass is 10.00. The smallest absolute Gasteiger partial charge is 0.252 e. The first-order valence-corrected chi connectivity index (χ1v) is 10.7. The number of fused-ring (bicyclic) bond motifs is 1. The van der Waals surface area contributed by atoms with Crippen LogP contribution in [0.5, 0.6) is 0 Å². The average molecular weight is 420 g/mol. The van der Waals surface area contributed by atoms with Crippen molar-refractivity contribution in [2.45, 2.75) is 31.7 Å². The number of pyridine rings is 1. The molecular formula is C24H29N5O2. The standard InChI is InChI=1S/C24H29N5O2/c1-29(2)21(12-16-7-8-25-22(30)13-16)15-26-24-27-20(14-23(31)28-24)11-17-9-18-5-3-4-6-19(18)10-17/h3-8,13-14,17,21H,9-12,15H2,1-2H3,(H,25,30)(H2,26,27,28,31)/t21-/m1/s1. The molecule has 2 heterocycles. The van der Waals surface area contributed by atoms with Gasteiger partial charge in [-0.25, -0.2) is 4.98 Å². The predicted octanol–water partition coefficient (Wildman–Crippen LogP) is 2.00. The van der Waals surface area contributed by atoms with Crippen molar-refractivity contribution in [2.75, 3.05) is 26.0 Å². The van der Waals surface area contributed by atoms with E-state index in [0.717, 1.165) is 30.5 Å². The minimum Gasteiger partial charge on any atom is -0.354 e. The first-order valence-electron chi connectivity index (χ1n) is 10.7. The van der Waals surface area contributed by atoms with Crippen molar-refractivity contribution in [3.05, 3.63) is 91.8 Å². The molecule has 0 saturated carbocycles. The van der Waals surface area contributed by atoms with Crippen LogP contribution in [-0.2, 0) is 25.7 Å². The second-order valence-corrected chi connectivity index (χ2v) is 8.60. The lowest BCUT2D eigenvalue weighted by Gasteiger charge is -2.25. The van der Waals surface area contributed by atoms with Crippen LogP contribution in [0, 0.1) is 5.92 Å². The zero-order valence-corrected chi connectivity index (χ0v) is 18.0. The van der Waals surface area contributed by atoms with Crippen LogP contribution in [0.2, 0.25) is 0 Å². The molecular weight excluding hydrogens is 390 g/mol. The third kappa shape index (κ3) is 5.49. The van der Waals surface area contributed by atoms with E-state index in [0.29, 0.717) is 24.8 Å². The Morgan fingerprint density at radius 3 is 2.52 bits per heavy atom. The van der Waals surface area contributed by atoms with Gasteiger partial charge in [0, 0.05) is 30.9 Å². The molecule has 0 spiro atoms. The molecule has 0 aliphatic heterocycles. The van der Waals surface area contributed by atoms with Gasteiger partial charge in [0.1, 0.15) is 0 Å². The van der Waals surface area contributed by atoms with E-state index in [1.165, 1.54) is 11.1 Å². The molecule has 0 radical (unpaired) electrons. The summed E-state index contributed by atoms with van der Waals surface area (Å²) >= 11 is 0. The van der Waals surface area contributed by atoms with Crippen LogP contribution in [0.4, 0.5) is 5.95 Å². The minimum absolute atomic E-state index is 0.101. The summed E-state index contributed by atoms with van der Waals surface area (Å²) in [6.07, 6.45) is 5.24. The number of hydrogen-bond donors (Lipinski definition) is 3. The van der Waals surface area contributed by atoms with Crippen molar-refractivity contribution < 1.29 is 0 Å². The van der Waals surface area contributed by atoms with Gasteiger partial charge in [0.25, 0.3) is 5.56 Å². The molecule has 4 rings (SSSR count). The van der Waals surface area contributed by atoms with Crippen molar-refractivity contribution in [3.8, 4) is 0 Å². The zero-order valence-electron chi connectivity index (χ0n) is 18.0. The van der Waals surface area contributed by atoms with E-state index >= 15 is 0 Å². The van der Waals surface area contributed by atoms with E-state index in [4.69, 9.17) is 0 Å². The van der Waals surface area contributed by atoms with E-state index in [9.17, 15) is 9.59 Å². The number of anilines is 1. The normalized spacial score (nSPS) is 14.5. The lowest BCUT2D eigenvalue weighted by Crippen LogP contribution is -2.37. The van der Waals surface area contributed by atoms with Crippen LogP contribution in [0.3, 0.4) is 0 Å². The Balaban J connectivity index is 1.41. The van der Waals surface area contributed by atoms with Gasteiger partial charge in [-0.15, -0.1) is 0 Å². The fraction of sp³-hybridized carbons (Fsp3) is 0.375. The molecule has 2 aromatic heterocycles. The number of nitrogens with zero attached hydrogens (tertiary/aromatic N) is 2. The molecule has 1 aromatic carbocycles. The fourth-order valence-corrected chi connectivity index (χ4v) is 4.33. The van der Waals surface area contributed by atoms with E-state index in [-0.39, 0.29) is 17.2 Å². The maximum Gasteiger partial charge on any atom is 0.252 e. The highest BCUT2D eigenvalue weighted by atomic mass is 16.1. The Hall–Kier alpha value is -3.19. The van der Waals surface area contributed by atoms with Crippen LogP contribution in [-0.4, -0.2) is 46.5 Å². The van der Waals surface area contributed by atoms with E-state index < -0.39 is 0 Å². The first-order chi connectivity index (χ1) is 15.0. The Kier molecular flexibility index (Phi) is 6.32. The van der Waals surface area contributed by atoms with E-state index in [2.05, 4.69) is 49.4 Å². The number of hydrogen-bond acceptors (Lipinski definition) is 5. The second kappa shape index (κ2) is 9.31. The molecule has 162 valence electrons. The first kappa shape index (κ1) is 21.1. The number of aromatic nitrogens is 3. The molecule has 0 fully saturated rings. The van der Waals surface area contributed by atoms with Crippen LogP contribution in [0.25, 0.3) is 0 Å². The fourth-order valence-electron chi connectivity index (χ4n) is 4.33. The number of benzene rings is 1. The third-order valence-electron chi connectivity index (χ3n) is 5.97. The molecule has 31 heavy (non-hydrogen) atoms. The second-order valence-electron chi connectivity index (χ2n) is 8.60. The van der Waals surface area contributed by atoms with Gasteiger partial charge in [-0.2, -0.15) is 0 Å². The molecule has 0 unspecified atom stereocenters. The Morgan fingerprint density at radius 1 is 1.10 bits per heavy atom. The number of nitrogens with one attached hydrogen (secondary N) is 3. The molecule has 3 aromatic rings. The van der Waals surface area contributed by atoms with E-state index in [1.807, 2.05) is 20.2 Å². The van der Waals surface area contributed by atoms with Crippen molar-refractivity contribution in [1.82, 2.24) is 19.9 Å². The SMILES string of the molecule is CN(C)[C@@H](CNc1nc(CC2Cc3ccccc3C2)cc(=O)[nH]1)Cc1cc[nH]c(=O)c1. The van der Waals surface area contributed by atoms with Gasteiger partial charge in [-0.3, -0.25) is 14.6 Å². The van der Waals surface area contributed by atoms with Crippen LogP contribution in [0.1, 0.15) is 22.4 Å². The van der Waals surface area contributed by atoms with Crippen molar-refractivity contribution in [1.29, 1.82) is 0 Å². The Bertz CT molecular complexity index is 1130. The molecule has 7 heteroatoms. The van der Waals surface area contributed by atoms with Gasteiger partial charge < -0.3 is 15.2 Å². The number of H-pyrrole nitrogens is 2. The molecule has 0 bridgehead atoms. The maximum absolute atomic E-state index is 12.2. The average Bonchev–Trinajstić information content (AvgIpc) is 3.12. The minimum atomic E-state index is -0.140. The zero-order chi connectivity index (χ0) is 21.8. The number of rotatable bonds is 8. The largest absolute Gasteiger partial charge is 0.354 e. The number of aromatic amines is 2. The maximum atomic E-state index is 12.2. The van der Waals surface area contributed by atoms with Crippen LogP contribution < -0.4 is 16.4 Å². The highest BCUT2D eigenvalue weighted by molar-refractivity contribution is 5.33. The van der Waals surface area contributed by atoms with Crippen molar-refractivity contribution in [3.63, 3.8) is 0 Å². The molecule has 1 atom stereocenters. The summed E-state index contributed by atoms with van der Waals surface area (Å²) in [7, 11) is 4.01. The van der Waals surface area contributed by atoms with Crippen LogP contribution >= 0.6 is 0 Å². The summed E-state index contributed by atoms with van der Waals surface area (Å²) < 4.78 is 0. The summed E-state index contributed by atoms with van der Waals surface area (Å²) in [5, 5.41) is 3.29. The summed E-state index contributed by atoms with van der Waals surface area (Å²) in [4.78, 5) is 36.0. The summed E-state index contributed by atoms with van der Waals surface area (Å²) in [5.74, 6) is 0.973. The Morgan fingerprint density at radius 2 is 1.84 bits per heavy atom. The van der Waals surface area contributed by atoms with Crippen LogP contribution in [0.15, 0.2) is 58.3 Å². The Labute approximate surface area is 181 Å². The summed E-state index contributed by atoms with van der Waals surface area (Å²) in [6.45, 7) is 0.598. The molecule has 1 aliphatic rings. The highest BCUT2D eigenvalue weighted by Gasteiger charge is 2.22. The van der Waals surface area contributed by atoms with Gasteiger partial charge >= 0.3 is 0 Å². The van der Waals surface area contributed by atoms with Gasteiger partial charge in [0.2, 0.25) is 11.5 Å². The lowest BCUT2D eigenvalue weighted by molar-refractivity contribution is 0.303. The van der Waals surface area contributed by atoms with E-state index in [1.54, 1.807) is 18.3 Å². The molecule has 0 saturated heterocycles. The van der Waals surface area contributed by atoms with Crippen molar-refractivity contribution in [2.24, 2.45) is 5.92 Å². The molecule has 1 aliphatic carbocycles. The molecule has 3 N–H and O–H groups in total. The molecule has 0 amide bonds. The summed E-state index contributed by atoms with van der Waals surface area (Å²) in [6, 6.07) is 13.8. The topological polar surface area (TPSA) is 93.9 Å². The summed E-state index contributed by atoms with van der Waals surface area (Å²) in [5.41, 5.74) is 4.36. The van der Waals surface area contributed by atoms with Crippen molar-refractivity contribution >= 4 is 5.95 Å². The predicted molar refractivity (Wildman–Crippen MR) is 123 cm³/mol. The van der Waals surface area contributed by atoms with Gasteiger partial charge in [-0.05, 0) is 68.5 Å². The van der Waals surface area contributed by atoms with Gasteiger partial charge in [-0.1, -0.05) is 24.3 Å².